The summed E-state index contributed by atoms with van der Waals surface area (Å²) in [6, 6.07) is 10.8. The Morgan fingerprint density at radius 1 is 0.792 bits per heavy atom. The first-order valence-corrected chi connectivity index (χ1v) is 11.9. The molecule has 2 aliphatic rings. The normalized spacial score (nSPS) is 20.2. The molecule has 0 amide bonds. The van der Waals surface area contributed by atoms with Crippen molar-refractivity contribution in [2.24, 2.45) is 5.92 Å². The molecule has 2 saturated carbocycles. The first-order valence-electron chi connectivity index (χ1n) is 8.45. The van der Waals surface area contributed by atoms with E-state index >= 15 is 0 Å². The van der Waals surface area contributed by atoms with Crippen molar-refractivity contribution in [3.05, 3.63) is 98.7 Å². The molecule has 24 heavy (non-hydrogen) atoms. The van der Waals surface area contributed by atoms with Gasteiger partial charge in [0.05, 0.1) is 8.07 Å². The van der Waals surface area contributed by atoms with Crippen LogP contribution in [0.1, 0.15) is 12.5 Å². The smallest absolute Gasteiger partial charge is 0.0520 e. The van der Waals surface area contributed by atoms with Gasteiger partial charge < -0.3 is 0 Å². The van der Waals surface area contributed by atoms with Crippen molar-refractivity contribution >= 4 is 8.07 Å². The van der Waals surface area contributed by atoms with E-state index in [1.54, 1.807) is 11.5 Å². The minimum Gasteiger partial charge on any atom is -0.0691 e. The van der Waals surface area contributed by atoms with Gasteiger partial charge in [0, 0.05) is 17.1 Å². The second kappa shape index (κ2) is 10.8. The maximum atomic E-state index is 2.43. The zero-order valence-electron chi connectivity index (χ0n) is 15.1. The Hall–Kier alpha value is -0.0436. The molecule has 0 saturated heterocycles. The molecule has 0 aromatic heterocycles. The molecule has 2 fully saturated rings. The zero-order valence-corrected chi connectivity index (χ0v) is 17.2. The molecular weight excluding hydrogens is 348 g/mol. The van der Waals surface area contributed by atoms with E-state index in [2.05, 4.69) is 76.2 Å². The van der Waals surface area contributed by atoms with Gasteiger partial charge in [-0.05, 0) is 80.7 Å². The third-order valence-corrected chi connectivity index (χ3v) is 6.20. The summed E-state index contributed by atoms with van der Waals surface area (Å²) in [4.78, 5) is 0. The van der Waals surface area contributed by atoms with E-state index in [0.29, 0.717) is 5.92 Å². The minimum atomic E-state index is -1.21. The molecule has 1 aromatic rings. The van der Waals surface area contributed by atoms with Gasteiger partial charge in [0.25, 0.3) is 0 Å². The summed E-state index contributed by atoms with van der Waals surface area (Å²) in [5.41, 5.74) is 3.07. The summed E-state index contributed by atoms with van der Waals surface area (Å²) in [5, 5.41) is 0. The van der Waals surface area contributed by atoms with Crippen molar-refractivity contribution in [3.63, 3.8) is 0 Å². The number of hydrogen-bond donors (Lipinski definition) is 0. The Morgan fingerprint density at radius 2 is 1.33 bits per heavy atom. The molecule has 3 rings (SSSR count). The fourth-order valence-corrected chi connectivity index (χ4v) is 4.74. The topological polar surface area (TPSA) is 0 Å². The Balaban J connectivity index is 0.000000412. The first kappa shape index (κ1) is 22.0. The van der Waals surface area contributed by atoms with Crippen LogP contribution in [0, 0.1) is 68.7 Å². The predicted octanol–water partition coefficient (Wildman–Crippen LogP) is 5.54. The quantitative estimate of drug-likeness (QED) is 0.606. The van der Waals surface area contributed by atoms with E-state index in [0.717, 1.165) is 6.42 Å². The fourth-order valence-electron chi connectivity index (χ4n) is 2.95. The Morgan fingerprint density at radius 3 is 1.83 bits per heavy atom. The molecule has 0 spiro atoms. The van der Waals surface area contributed by atoms with Crippen molar-refractivity contribution in [2.75, 3.05) is 0 Å². The largest absolute Gasteiger partial charge is 0.0691 e. The molecule has 0 aliphatic heterocycles. The Bertz CT molecular complexity index is 425. The number of rotatable bonds is 4. The summed E-state index contributed by atoms with van der Waals surface area (Å²) < 4.78 is 0. The Kier molecular flexibility index (Phi) is 9.93. The molecule has 0 unspecified atom stereocenters. The molecule has 1 atom stereocenters. The van der Waals surface area contributed by atoms with E-state index in [4.69, 9.17) is 0 Å². The maximum absolute atomic E-state index is 2.43. The van der Waals surface area contributed by atoms with E-state index in [-0.39, 0.29) is 17.1 Å². The summed E-state index contributed by atoms with van der Waals surface area (Å²) in [5.74, 6) is 2.18. The van der Waals surface area contributed by atoms with Crippen molar-refractivity contribution in [3.8, 4) is 0 Å². The van der Waals surface area contributed by atoms with Crippen LogP contribution in [0.15, 0.2) is 30.3 Å². The van der Waals surface area contributed by atoms with Gasteiger partial charge in [0.1, 0.15) is 0 Å². The maximum Gasteiger partial charge on any atom is 0.0520 e. The van der Waals surface area contributed by atoms with Crippen LogP contribution in [0.3, 0.4) is 0 Å². The van der Waals surface area contributed by atoms with Crippen LogP contribution in [-0.2, 0) is 23.5 Å². The average molecular weight is 376 g/mol. The van der Waals surface area contributed by atoms with Gasteiger partial charge in [-0.1, -0.05) is 56.9 Å². The van der Waals surface area contributed by atoms with Crippen LogP contribution in [0.5, 0.6) is 0 Å². The molecule has 128 valence electrons. The standard InChI is InChI=1S/C17H23Si.C5H5.Fe/c1-14(13-15-9-6-5-7-10-15)16-11-8-12-17(16)18(2,3)4;1-2-4-5-3-1;/h5-12,14H,13H2,1-4H3;1-5H;/t14-;;/m0../s1. The van der Waals surface area contributed by atoms with Gasteiger partial charge >= 0.3 is 0 Å². The molecule has 0 N–H and O–H groups in total. The first-order chi connectivity index (χ1) is 11.0. The predicted molar refractivity (Wildman–Crippen MR) is 104 cm³/mol. The van der Waals surface area contributed by atoms with Gasteiger partial charge in [-0.25, -0.2) is 0 Å². The van der Waals surface area contributed by atoms with E-state index in [9.17, 15) is 0 Å². The third kappa shape index (κ3) is 7.06. The van der Waals surface area contributed by atoms with Gasteiger partial charge in [0.15, 0.2) is 0 Å². The second-order valence-electron chi connectivity index (χ2n) is 7.20. The Labute approximate surface area is 162 Å². The molecule has 0 heterocycles. The molecule has 10 radical (unpaired) electrons. The van der Waals surface area contributed by atoms with Crippen molar-refractivity contribution in [2.45, 2.75) is 33.0 Å². The molecule has 2 heteroatoms. The van der Waals surface area contributed by atoms with Crippen LogP contribution < -0.4 is 0 Å². The van der Waals surface area contributed by atoms with Crippen LogP contribution >= 0.6 is 0 Å². The van der Waals surface area contributed by atoms with E-state index in [1.165, 1.54) is 5.56 Å². The number of hydrogen-bond acceptors (Lipinski definition) is 0. The zero-order chi connectivity index (χ0) is 16.7. The van der Waals surface area contributed by atoms with Crippen LogP contribution in [0.4, 0.5) is 0 Å². The fraction of sp³-hybridized carbons (Fsp3) is 0.273. The molecule has 0 nitrogen and oxygen atoms in total. The summed E-state index contributed by atoms with van der Waals surface area (Å²) >= 11 is 0. The second-order valence-corrected chi connectivity index (χ2v) is 12.2. The van der Waals surface area contributed by atoms with E-state index < -0.39 is 8.07 Å². The monoisotopic (exact) mass is 376 g/mol. The van der Waals surface area contributed by atoms with Crippen LogP contribution in [-0.4, -0.2) is 8.07 Å². The summed E-state index contributed by atoms with van der Waals surface area (Å²) in [6.45, 7) is 9.65. The van der Waals surface area contributed by atoms with Crippen molar-refractivity contribution in [1.29, 1.82) is 0 Å². The summed E-state index contributed by atoms with van der Waals surface area (Å²) in [6.07, 6.45) is 18.0. The third-order valence-electron chi connectivity index (χ3n) is 4.13. The average Bonchev–Trinajstić information content (AvgIpc) is 3.22. The van der Waals surface area contributed by atoms with Gasteiger partial charge in [-0.3, -0.25) is 0 Å². The van der Waals surface area contributed by atoms with Gasteiger partial charge in [0.2, 0.25) is 0 Å². The molecule has 0 bridgehead atoms. The van der Waals surface area contributed by atoms with Gasteiger partial charge in [-0.15, -0.1) is 0 Å². The van der Waals surface area contributed by atoms with Crippen molar-refractivity contribution < 1.29 is 17.1 Å². The van der Waals surface area contributed by atoms with Gasteiger partial charge in [-0.2, -0.15) is 0 Å². The van der Waals surface area contributed by atoms with Crippen LogP contribution in [0.25, 0.3) is 0 Å². The molecular formula is C22H28FeSi. The number of benzene rings is 1. The van der Waals surface area contributed by atoms with Crippen molar-refractivity contribution in [1.82, 2.24) is 0 Å². The van der Waals surface area contributed by atoms with E-state index in [1.807, 2.05) is 32.1 Å². The minimum absolute atomic E-state index is 0. The van der Waals surface area contributed by atoms with Crippen LogP contribution in [0.2, 0.25) is 19.6 Å². The SMILES string of the molecule is C[C@@H](Cc1ccccc1)[C]1[CH][CH][CH][C]1[Si](C)(C)C.[CH]1[CH][CH][CH][CH]1.[Fe]. The molecule has 2 aliphatic carbocycles. The summed E-state index contributed by atoms with van der Waals surface area (Å²) in [7, 11) is -1.21. The molecule has 1 aromatic carbocycles.